The number of rotatable bonds is 5. The summed E-state index contributed by atoms with van der Waals surface area (Å²) in [4.78, 5) is 6.71. The van der Waals surface area contributed by atoms with E-state index in [4.69, 9.17) is 9.26 Å². The van der Waals surface area contributed by atoms with Crippen LogP contribution in [0.2, 0.25) is 0 Å². The summed E-state index contributed by atoms with van der Waals surface area (Å²) in [5.74, 6) is 2.56. The minimum atomic E-state index is 0.549. The van der Waals surface area contributed by atoms with Crippen molar-refractivity contribution in [3.63, 3.8) is 0 Å². The molecule has 1 atom stereocenters. The smallest absolute Gasteiger partial charge is 0.233 e. The first-order valence-corrected chi connectivity index (χ1v) is 7.61. The van der Waals surface area contributed by atoms with Gasteiger partial charge >= 0.3 is 0 Å². The molecule has 0 aromatic carbocycles. The molecule has 0 radical (unpaired) electrons. The Morgan fingerprint density at radius 1 is 1.36 bits per heavy atom. The topological polar surface area (TPSA) is 77.2 Å². The molecule has 0 spiro atoms. The van der Waals surface area contributed by atoms with Crippen LogP contribution in [0, 0.1) is 12.8 Å². The lowest BCUT2D eigenvalue weighted by Gasteiger charge is -2.31. The zero-order valence-electron chi connectivity index (χ0n) is 13.0. The Labute approximate surface area is 129 Å². The second kappa shape index (κ2) is 6.83. The summed E-state index contributed by atoms with van der Waals surface area (Å²) >= 11 is 0. The van der Waals surface area contributed by atoms with E-state index in [-0.39, 0.29) is 0 Å². The molecule has 0 aliphatic carbocycles. The third kappa shape index (κ3) is 3.79. The molecule has 22 heavy (non-hydrogen) atoms. The maximum Gasteiger partial charge on any atom is 0.233 e. The normalized spacial score (nSPS) is 19.3. The number of hydrogen-bond acceptors (Lipinski definition) is 7. The summed E-state index contributed by atoms with van der Waals surface area (Å²) in [6.07, 6.45) is 3.27. The van der Waals surface area contributed by atoms with Crippen molar-refractivity contribution >= 4 is 0 Å². The zero-order valence-corrected chi connectivity index (χ0v) is 13.0. The van der Waals surface area contributed by atoms with Crippen LogP contribution in [0.5, 0.6) is 5.88 Å². The number of piperidine rings is 1. The van der Waals surface area contributed by atoms with Crippen molar-refractivity contribution in [3.05, 3.63) is 29.5 Å². The highest BCUT2D eigenvalue weighted by Gasteiger charge is 2.22. The van der Waals surface area contributed by atoms with Gasteiger partial charge in [0.25, 0.3) is 0 Å². The molecule has 2 aromatic rings. The minimum Gasteiger partial charge on any atom is -0.480 e. The van der Waals surface area contributed by atoms with Crippen LogP contribution in [-0.2, 0) is 13.0 Å². The molecule has 3 rings (SSSR count). The van der Waals surface area contributed by atoms with Gasteiger partial charge in [-0.05, 0) is 31.4 Å². The molecule has 118 valence electrons. The largest absolute Gasteiger partial charge is 0.480 e. The first kappa shape index (κ1) is 14.9. The van der Waals surface area contributed by atoms with E-state index in [1.807, 2.05) is 19.1 Å². The van der Waals surface area contributed by atoms with E-state index >= 15 is 0 Å². The van der Waals surface area contributed by atoms with Gasteiger partial charge in [-0.2, -0.15) is 10.1 Å². The van der Waals surface area contributed by atoms with Crippen LogP contribution >= 0.6 is 0 Å². The van der Waals surface area contributed by atoms with Crippen LogP contribution in [-0.4, -0.2) is 45.4 Å². The summed E-state index contributed by atoms with van der Waals surface area (Å²) in [5, 5.41) is 12.2. The van der Waals surface area contributed by atoms with Gasteiger partial charge in [0.1, 0.15) is 0 Å². The van der Waals surface area contributed by atoms with Crippen molar-refractivity contribution in [1.82, 2.24) is 25.2 Å². The van der Waals surface area contributed by atoms with E-state index < -0.39 is 0 Å². The lowest BCUT2D eigenvalue weighted by Crippen LogP contribution is -2.36. The van der Waals surface area contributed by atoms with Gasteiger partial charge in [0.15, 0.2) is 5.82 Å². The zero-order chi connectivity index (χ0) is 15.4. The van der Waals surface area contributed by atoms with Crippen molar-refractivity contribution < 1.29 is 9.26 Å². The summed E-state index contributed by atoms with van der Waals surface area (Å²) in [5.41, 5.74) is 0.969. The second-order valence-electron chi connectivity index (χ2n) is 5.74. The van der Waals surface area contributed by atoms with Crippen molar-refractivity contribution in [2.75, 3.05) is 20.2 Å². The fourth-order valence-electron chi connectivity index (χ4n) is 2.91. The third-order valence-electron chi connectivity index (χ3n) is 3.93. The number of likely N-dealkylation sites (tertiary alicyclic amines) is 1. The summed E-state index contributed by atoms with van der Waals surface area (Å²) in [7, 11) is 1.60. The molecule has 1 fully saturated rings. The van der Waals surface area contributed by atoms with E-state index in [1.165, 1.54) is 12.8 Å². The average Bonchev–Trinajstić information content (AvgIpc) is 2.93. The fraction of sp³-hybridized carbons (Fsp3) is 0.600. The van der Waals surface area contributed by atoms with Crippen LogP contribution in [0.1, 0.15) is 30.3 Å². The highest BCUT2D eigenvalue weighted by Crippen LogP contribution is 2.21. The van der Waals surface area contributed by atoms with Crippen molar-refractivity contribution in [1.29, 1.82) is 0 Å². The number of methoxy groups -OCH3 is 1. The quantitative estimate of drug-likeness (QED) is 0.830. The first-order chi connectivity index (χ1) is 10.7. The molecule has 1 saturated heterocycles. The number of hydrogen-bond donors (Lipinski definition) is 0. The molecule has 0 amide bonds. The second-order valence-corrected chi connectivity index (χ2v) is 5.74. The minimum absolute atomic E-state index is 0.549. The molecule has 1 aliphatic heterocycles. The van der Waals surface area contributed by atoms with Gasteiger partial charge in [0.2, 0.25) is 11.8 Å². The SMILES string of the molecule is COc1ccc(CN2CCCC(Cc3noc(C)n3)C2)nn1. The molecule has 3 heterocycles. The predicted octanol–water partition coefficient (Wildman–Crippen LogP) is 1.63. The maximum absolute atomic E-state index is 5.05. The Balaban J connectivity index is 1.55. The Bertz CT molecular complexity index is 598. The van der Waals surface area contributed by atoms with Gasteiger partial charge < -0.3 is 9.26 Å². The molecule has 1 unspecified atom stereocenters. The van der Waals surface area contributed by atoms with E-state index in [2.05, 4.69) is 25.2 Å². The number of nitrogens with zero attached hydrogens (tertiary/aromatic N) is 5. The average molecular weight is 303 g/mol. The molecule has 7 nitrogen and oxygen atoms in total. The summed E-state index contributed by atoms with van der Waals surface area (Å²) < 4.78 is 10.1. The van der Waals surface area contributed by atoms with Crippen LogP contribution < -0.4 is 4.74 Å². The number of aromatic nitrogens is 4. The van der Waals surface area contributed by atoms with Crippen LogP contribution in [0.4, 0.5) is 0 Å². The highest BCUT2D eigenvalue weighted by atomic mass is 16.5. The van der Waals surface area contributed by atoms with Crippen LogP contribution in [0.25, 0.3) is 0 Å². The Morgan fingerprint density at radius 3 is 2.95 bits per heavy atom. The standard InChI is InChI=1S/C15H21N5O2/c1-11-16-14(19-22-11)8-12-4-3-7-20(9-12)10-13-5-6-15(21-2)18-17-13/h5-6,12H,3-4,7-10H2,1-2H3. The molecular weight excluding hydrogens is 282 g/mol. The fourth-order valence-corrected chi connectivity index (χ4v) is 2.91. The molecule has 0 saturated carbocycles. The summed E-state index contributed by atoms with van der Waals surface area (Å²) in [6, 6.07) is 3.82. The lowest BCUT2D eigenvalue weighted by molar-refractivity contribution is 0.163. The van der Waals surface area contributed by atoms with Crippen molar-refractivity contribution in [2.24, 2.45) is 5.92 Å². The number of ether oxygens (including phenoxy) is 1. The van der Waals surface area contributed by atoms with Gasteiger partial charge in [-0.3, -0.25) is 4.90 Å². The predicted molar refractivity (Wildman–Crippen MR) is 79.3 cm³/mol. The van der Waals surface area contributed by atoms with Gasteiger partial charge in [0.05, 0.1) is 12.8 Å². The Morgan fingerprint density at radius 2 is 2.27 bits per heavy atom. The molecule has 0 bridgehead atoms. The van der Waals surface area contributed by atoms with Gasteiger partial charge in [-0.15, -0.1) is 5.10 Å². The van der Waals surface area contributed by atoms with E-state index in [0.717, 1.165) is 37.6 Å². The highest BCUT2D eigenvalue weighted by molar-refractivity contribution is 5.11. The van der Waals surface area contributed by atoms with E-state index in [9.17, 15) is 0 Å². The molecule has 2 aromatic heterocycles. The third-order valence-corrected chi connectivity index (χ3v) is 3.93. The lowest BCUT2D eigenvalue weighted by atomic mass is 9.94. The Kier molecular flexibility index (Phi) is 4.62. The molecule has 7 heteroatoms. The molecule has 0 N–H and O–H groups in total. The van der Waals surface area contributed by atoms with Gasteiger partial charge in [-0.25, -0.2) is 0 Å². The number of aryl methyl sites for hydroxylation is 1. The van der Waals surface area contributed by atoms with Gasteiger partial charge in [-0.1, -0.05) is 5.16 Å². The first-order valence-electron chi connectivity index (χ1n) is 7.61. The maximum atomic E-state index is 5.05. The van der Waals surface area contributed by atoms with E-state index in [1.54, 1.807) is 7.11 Å². The molecular formula is C15H21N5O2. The van der Waals surface area contributed by atoms with Crippen LogP contribution in [0.3, 0.4) is 0 Å². The summed E-state index contributed by atoms with van der Waals surface area (Å²) in [6.45, 7) is 4.77. The van der Waals surface area contributed by atoms with Crippen LogP contribution in [0.15, 0.2) is 16.7 Å². The van der Waals surface area contributed by atoms with Crippen molar-refractivity contribution in [3.8, 4) is 5.88 Å². The molecule has 1 aliphatic rings. The van der Waals surface area contributed by atoms with Crippen molar-refractivity contribution in [2.45, 2.75) is 32.7 Å². The van der Waals surface area contributed by atoms with Gasteiger partial charge in [0, 0.05) is 32.5 Å². The monoisotopic (exact) mass is 303 g/mol. The van der Waals surface area contributed by atoms with E-state index in [0.29, 0.717) is 17.7 Å². The Hall–Kier alpha value is -2.02.